The van der Waals surface area contributed by atoms with Crippen LogP contribution in [0, 0.1) is 0 Å². The van der Waals surface area contributed by atoms with Gasteiger partial charge in [0.05, 0.1) is 23.2 Å². The van der Waals surface area contributed by atoms with Crippen LogP contribution < -0.4 is 10.8 Å². The number of carbonyl (C=O) groups excluding carboxylic acids is 3. The summed E-state index contributed by atoms with van der Waals surface area (Å²) >= 11 is 12.1. The van der Waals surface area contributed by atoms with E-state index in [1.54, 1.807) is 46.8 Å². The molecule has 1 aliphatic heterocycles. The first-order valence-electron chi connectivity index (χ1n) is 11.2. The minimum absolute atomic E-state index is 0.127. The molecule has 4 N–H and O–H groups in total. The van der Waals surface area contributed by atoms with Crippen molar-refractivity contribution in [3.8, 4) is 11.1 Å². The standard InChI is InChI=1S/C26H23Cl2N3O5/c27-19-7-8-22(23(28)13-19)25(34)29-20-11-17(15-3-5-16(6-4-15)24(33)30-36)10-18(12-20)26(35)31-9-1-2-21(31)14-32/h3-8,10-13,21,32,36H,1-2,9,14H2,(H,29,34)(H,30,33)/t21-/m0/s1. The fourth-order valence-electron chi connectivity index (χ4n) is 4.20. The van der Waals surface area contributed by atoms with Crippen molar-refractivity contribution in [2.24, 2.45) is 0 Å². The number of halogens is 2. The minimum Gasteiger partial charge on any atom is -0.394 e. The molecule has 8 nitrogen and oxygen atoms in total. The van der Waals surface area contributed by atoms with Crippen LogP contribution in [-0.2, 0) is 0 Å². The van der Waals surface area contributed by atoms with Gasteiger partial charge in [0.15, 0.2) is 0 Å². The summed E-state index contributed by atoms with van der Waals surface area (Å²) in [4.78, 5) is 39.6. The van der Waals surface area contributed by atoms with E-state index in [2.05, 4.69) is 5.32 Å². The van der Waals surface area contributed by atoms with Crippen LogP contribution in [0.4, 0.5) is 5.69 Å². The zero-order valence-electron chi connectivity index (χ0n) is 19.0. The van der Waals surface area contributed by atoms with Crippen LogP contribution in [0.25, 0.3) is 11.1 Å². The van der Waals surface area contributed by atoms with Gasteiger partial charge in [-0.25, -0.2) is 5.48 Å². The number of benzene rings is 3. The van der Waals surface area contributed by atoms with Gasteiger partial charge < -0.3 is 15.3 Å². The molecule has 186 valence electrons. The summed E-state index contributed by atoms with van der Waals surface area (Å²) in [6.07, 6.45) is 1.51. The number of nitrogens with zero attached hydrogens (tertiary/aromatic N) is 1. The van der Waals surface area contributed by atoms with E-state index in [1.807, 2.05) is 0 Å². The monoisotopic (exact) mass is 527 g/mol. The number of hydrogen-bond donors (Lipinski definition) is 4. The lowest BCUT2D eigenvalue weighted by Crippen LogP contribution is -2.37. The first kappa shape index (κ1) is 25.7. The van der Waals surface area contributed by atoms with Crippen LogP contribution in [0.2, 0.25) is 10.0 Å². The quantitative estimate of drug-likeness (QED) is 0.275. The summed E-state index contributed by atoms with van der Waals surface area (Å²) in [5, 5.41) is 21.9. The lowest BCUT2D eigenvalue weighted by molar-refractivity contribution is 0.0676. The summed E-state index contributed by atoms with van der Waals surface area (Å²) in [6, 6.07) is 15.6. The van der Waals surface area contributed by atoms with Gasteiger partial charge in [-0.2, -0.15) is 0 Å². The largest absolute Gasteiger partial charge is 0.394 e. The average molecular weight is 528 g/mol. The highest BCUT2D eigenvalue weighted by molar-refractivity contribution is 6.37. The van der Waals surface area contributed by atoms with Crippen molar-refractivity contribution in [1.82, 2.24) is 10.4 Å². The molecule has 0 bridgehead atoms. The molecular weight excluding hydrogens is 505 g/mol. The first-order chi connectivity index (χ1) is 17.3. The molecule has 1 aliphatic rings. The molecule has 1 heterocycles. The molecule has 1 atom stereocenters. The van der Waals surface area contributed by atoms with Crippen LogP contribution in [0.15, 0.2) is 60.7 Å². The Kier molecular flexibility index (Phi) is 7.91. The van der Waals surface area contributed by atoms with E-state index < -0.39 is 11.8 Å². The predicted molar refractivity (Wildman–Crippen MR) is 137 cm³/mol. The molecule has 3 aromatic rings. The van der Waals surface area contributed by atoms with Gasteiger partial charge in [-0.1, -0.05) is 35.3 Å². The molecule has 3 amide bonds. The molecule has 1 saturated heterocycles. The van der Waals surface area contributed by atoms with Crippen molar-refractivity contribution in [3.63, 3.8) is 0 Å². The van der Waals surface area contributed by atoms with E-state index in [9.17, 15) is 19.5 Å². The lowest BCUT2D eigenvalue weighted by Gasteiger charge is -2.23. The van der Waals surface area contributed by atoms with Crippen molar-refractivity contribution in [2.75, 3.05) is 18.5 Å². The van der Waals surface area contributed by atoms with Gasteiger partial charge >= 0.3 is 0 Å². The fraction of sp³-hybridized carbons (Fsp3) is 0.192. The van der Waals surface area contributed by atoms with Crippen LogP contribution in [0.3, 0.4) is 0 Å². The summed E-state index contributed by atoms with van der Waals surface area (Å²) in [5.74, 6) is -1.39. The molecule has 4 rings (SSSR count). The number of anilines is 1. The molecule has 0 radical (unpaired) electrons. The van der Waals surface area contributed by atoms with E-state index in [-0.39, 0.29) is 34.7 Å². The second-order valence-electron chi connectivity index (χ2n) is 8.37. The van der Waals surface area contributed by atoms with E-state index in [0.717, 1.165) is 12.8 Å². The topological polar surface area (TPSA) is 119 Å². The number of hydroxylamine groups is 1. The van der Waals surface area contributed by atoms with Crippen molar-refractivity contribution in [3.05, 3.63) is 87.4 Å². The highest BCUT2D eigenvalue weighted by atomic mass is 35.5. The third-order valence-electron chi connectivity index (χ3n) is 6.04. The summed E-state index contributed by atoms with van der Waals surface area (Å²) < 4.78 is 0. The second kappa shape index (κ2) is 11.1. The molecular formula is C26H23Cl2N3O5. The van der Waals surface area contributed by atoms with Crippen LogP contribution in [0.5, 0.6) is 0 Å². The van der Waals surface area contributed by atoms with Gasteiger partial charge in [-0.3, -0.25) is 19.6 Å². The summed E-state index contributed by atoms with van der Waals surface area (Å²) in [7, 11) is 0. The van der Waals surface area contributed by atoms with Gasteiger partial charge in [-0.15, -0.1) is 0 Å². The molecule has 3 aromatic carbocycles. The van der Waals surface area contributed by atoms with Crippen LogP contribution in [-0.4, -0.2) is 52.1 Å². The maximum Gasteiger partial charge on any atom is 0.274 e. The molecule has 36 heavy (non-hydrogen) atoms. The molecule has 0 spiro atoms. The maximum atomic E-state index is 13.4. The average Bonchev–Trinajstić information content (AvgIpc) is 3.36. The Morgan fingerprint density at radius 2 is 1.67 bits per heavy atom. The third-order valence-corrected chi connectivity index (χ3v) is 6.59. The molecule has 0 aliphatic carbocycles. The van der Waals surface area contributed by atoms with E-state index in [1.165, 1.54) is 24.3 Å². The van der Waals surface area contributed by atoms with Gasteiger partial charge in [0.25, 0.3) is 17.7 Å². The Morgan fingerprint density at radius 1 is 0.917 bits per heavy atom. The third kappa shape index (κ3) is 5.52. The number of hydrogen-bond acceptors (Lipinski definition) is 5. The van der Waals surface area contributed by atoms with Crippen molar-refractivity contribution in [2.45, 2.75) is 18.9 Å². The van der Waals surface area contributed by atoms with Gasteiger partial charge in [0.2, 0.25) is 0 Å². The minimum atomic E-state index is -0.651. The summed E-state index contributed by atoms with van der Waals surface area (Å²) in [6.45, 7) is 0.403. The Bertz CT molecular complexity index is 1310. The zero-order chi connectivity index (χ0) is 25.8. The van der Waals surface area contributed by atoms with E-state index >= 15 is 0 Å². The van der Waals surface area contributed by atoms with Crippen molar-refractivity contribution < 1.29 is 24.7 Å². The highest BCUT2D eigenvalue weighted by Crippen LogP contribution is 2.29. The number of aliphatic hydroxyl groups excluding tert-OH is 1. The van der Waals surface area contributed by atoms with Gasteiger partial charge in [0, 0.05) is 28.4 Å². The first-order valence-corrected chi connectivity index (χ1v) is 11.9. The number of likely N-dealkylation sites (tertiary alicyclic amines) is 1. The molecule has 0 saturated carbocycles. The fourth-order valence-corrected chi connectivity index (χ4v) is 4.69. The SMILES string of the molecule is O=C(NO)c1ccc(-c2cc(NC(=O)c3ccc(Cl)cc3Cl)cc(C(=O)N3CCC[C@H]3CO)c2)cc1. The number of rotatable bonds is 6. The maximum absolute atomic E-state index is 13.4. The Balaban J connectivity index is 1.72. The molecule has 0 aromatic heterocycles. The summed E-state index contributed by atoms with van der Waals surface area (Å²) in [5.41, 5.74) is 4.06. The zero-order valence-corrected chi connectivity index (χ0v) is 20.5. The smallest absolute Gasteiger partial charge is 0.274 e. The normalized spacial score (nSPS) is 15.0. The molecule has 0 unspecified atom stereocenters. The number of nitrogens with one attached hydrogen (secondary N) is 2. The number of amides is 3. The molecule has 1 fully saturated rings. The lowest BCUT2D eigenvalue weighted by atomic mass is 9.99. The van der Waals surface area contributed by atoms with Gasteiger partial charge in [-0.05, 0) is 72.5 Å². The van der Waals surface area contributed by atoms with Crippen molar-refractivity contribution in [1.29, 1.82) is 0 Å². The van der Waals surface area contributed by atoms with Crippen molar-refractivity contribution >= 4 is 46.6 Å². The second-order valence-corrected chi connectivity index (χ2v) is 9.22. The highest BCUT2D eigenvalue weighted by Gasteiger charge is 2.29. The van der Waals surface area contributed by atoms with Crippen LogP contribution in [0.1, 0.15) is 43.9 Å². The van der Waals surface area contributed by atoms with E-state index in [4.69, 9.17) is 28.4 Å². The molecule has 10 heteroatoms. The number of carbonyl (C=O) groups is 3. The predicted octanol–water partition coefficient (Wildman–Crippen LogP) is 4.63. The Hall–Kier alpha value is -3.43. The Morgan fingerprint density at radius 3 is 2.33 bits per heavy atom. The van der Waals surface area contributed by atoms with E-state index in [0.29, 0.717) is 33.9 Å². The number of aliphatic hydroxyl groups is 1. The Labute approximate surface area is 217 Å². The van der Waals surface area contributed by atoms with Gasteiger partial charge in [0.1, 0.15) is 0 Å². The van der Waals surface area contributed by atoms with Crippen LogP contribution >= 0.6 is 23.2 Å².